The molecule has 0 amide bonds. The van der Waals surface area contributed by atoms with Gasteiger partial charge in [0.25, 0.3) is 0 Å². The van der Waals surface area contributed by atoms with E-state index in [0.717, 1.165) is 25.7 Å². The molecule has 6 heteroatoms. The van der Waals surface area contributed by atoms with Crippen LogP contribution in [-0.2, 0) is 10.2 Å². The minimum atomic E-state index is -4.63. The molecule has 1 aromatic heterocycles. The van der Waals surface area contributed by atoms with Crippen molar-refractivity contribution in [1.82, 2.24) is 9.78 Å². The van der Waals surface area contributed by atoms with E-state index < -0.39 is 10.2 Å². The molecule has 1 aliphatic carbocycles. The molecular weight excluding hydrogens is 207 g/mol. The molecule has 14 heavy (non-hydrogen) atoms. The van der Waals surface area contributed by atoms with Crippen LogP contribution in [0.5, 0.6) is 0 Å². The topological polar surface area (TPSA) is 52.0 Å². The Morgan fingerprint density at radius 1 is 1.43 bits per heavy atom. The van der Waals surface area contributed by atoms with Crippen molar-refractivity contribution in [1.29, 1.82) is 0 Å². The van der Waals surface area contributed by atoms with Crippen molar-refractivity contribution < 1.29 is 12.3 Å². The summed E-state index contributed by atoms with van der Waals surface area (Å²) in [4.78, 5) is 0. The molecule has 1 aliphatic rings. The monoisotopic (exact) mass is 218 g/mol. The summed E-state index contributed by atoms with van der Waals surface area (Å²) in [5.74, 6) is 0. The van der Waals surface area contributed by atoms with Crippen LogP contribution in [0.3, 0.4) is 0 Å². The molecule has 0 aromatic carbocycles. The summed E-state index contributed by atoms with van der Waals surface area (Å²) in [7, 11) is -4.63. The van der Waals surface area contributed by atoms with E-state index in [9.17, 15) is 12.3 Å². The summed E-state index contributed by atoms with van der Waals surface area (Å²) >= 11 is 0. The fraction of sp³-hybridized carbons (Fsp3) is 0.625. The molecule has 0 saturated heterocycles. The van der Waals surface area contributed by atoms with Crippen LogP contribution in [0.25, 0.3) is 0 Å². The molecule has 0 aliphatic heterocycles. The van der Waals surface area contributed by atoms with Gasteiger partial charge in [0.2, 0.25) is 0 Å². The summed E-state index contributed by atoms with van der Waals surface area (Å²) in [6.45, 7) is 0. The number of hydrogen-bond donors (Lipinski definition) is 0. The lowest BCUT2D eigenvalue weighted by molar-refractivity contribution is 0.421. The largest absolute Gasteiger partial charge is 0.349 e. The molecule has 0 unspecified atom stereocenters. The van der Waals surface area contributed by atoms with Crippen molar-refractivity contribution in [3.05, 3.63) is 12.3 Å². The first-order valence-corrected chi connectivity index (χ1v) is 5.95. The zero-order valence-corrected chi connectivity index (χ0v) is 8.37. The minimum Gasteiger partial charge on any atom is -0.249 e. The molecule has 2 rings (SSSR count). The van der Waals surface area contributed by atoms with E-state index in [1.165, 1.54) is 16.9 Å². The molecule has 78 valence electrons. The van der Waals surface area contributed by atoms with Crippen molar-refractivity contribution in [2.75, 3.05) is 0 Å². The van der Waals surface area contributed by atoms with Crippen LogP contribution in [-0.4, -0.2) is 18.2 Å². The average Bonchev–Trinajstić information content (AvgIpc) is 2.73. The van der Waals surface area contributed by atoms with Gasteiger partial charge in [-0.2, -0.15) is 13.5 Å². The highest BCUT2D eigenvalue weighted by Crippen LogP contribution is 2.31. The summed E-state index contributed by atoms with van der Waals surface area (Å²) in [6.07, 6.45) is 5.19. The van der Waals surface area contributed by atoms with E-state index in [1.54, 1.807) is 0 Å². The molecule has 1 heterocycles. The van der Waals surface area contributed by atoms with Gasteiger partial charge in [-0.25, -0.2) is 4.68 Å². The Morgan fingerprint density at radius 2 is 2.07 bits per heavy atom. The van der Waals surface area contributed by atoms with Gasteiger partial charge < -0.3 is 0 Å². The maximum atomic E-state index is 12.8. The molecule has 1 fully saturated rings. The molecule has 1 aromatic rings. The van der Waals surface area contributed by atoms with Crippen molar-refractivity contribution in [3.63, 3.8) is 0 Å². The first kappa shape index (κ1) is 9.64. The van der Waals surface area contributed by atoms with Gasteiger partial charge in [0, 0.05) is 0 Å². The van der Waals surface area contributed by atoms with Gasteiger partial charge in [-0.15, -0.1) is 0 Å². The van der Waals surface area contributed by atoms with Gasteiger partial charge in [-0.05, 0) is 18.9 Å². The average molecular weight is 218 g/mol. The van der Waals surface area contributed by atoms with Crippen molar-refractivity contribution >= 4 is 10.2 Å². The maximum absolute atomic E-state index is 12.8. The Hall–Kier alpha value is -0.910. The first-order chi connectivity index (χ1) is 6.59. The number of halogens is 1. The van der Waals surface area contributed by atoms with Gasteiger partial charge in [-0.3, -0.25) is 0 Å². The van der Waals surface area contributed by atoms with E-state index >= 15 is 0 Å². The summed E-state index contributed by atoms with van der Waals surface area (Å²) in [5, 5.41) is 3.55. The Bertz CT molecular complexity index is 420. The molecule has 0 radical (unpaired) electrons. The Labute approximate surface area is 81.9 Å². The second-order valence-corrected chi connectivity index (χ2v) is 4.78. The summed E-state index contributed by atoms with van der Waals surface area (Å²) in [5.41, 5.74) is 0. The van der Waals surface area contributed by atoms with Gasteiger partial charge >= 0.3 is 10.2 Å². The van der Waals surface area contributed by atoms with Crippen molar-refractivity contribution in [2.45, 2.75) is 36.8 Å². The fourth-order valence-electron chi connectivity index (χ4n) is 1.92. The zero-order chi connectivity index (χ0) is 10.2. The smallest absolute Gasteiger partial charge is 0.249 e. The van der Waals surface area contributed by atoms with E-state index in [1.807, 2.05) is 0 Å². The van der Waals surface area contributed by atoms with Gasteiger partial charge in [0.15, 0.2) is 5.03 Å². The summed E-state index contributed by atoms with van der Waals surface area (Å²) < 4.78 is 35.6. The number of nitrogens with zero attached hydrogens (tertiary/aromatic N) is 2. The third kappa shape index (κ3) is 1.66. The quantitative estimate of drug-likeness (QED) is 0.709. The first-order valence-electron chi connectivity index (χ1n) is 4.57. The second kappa shape index (κ2) is 3.34. The normalized spacial score (nSPS) is 18.9. The van der Waals surface area contributed by atoms with Gasteiger partial charge in [0.05, 0.1) is 12.2 Å². The Morgan fingerprint density at radius 3 is 2.64 bits per heavy atom. The van der Waals surface area contributed by atoms with E-state index in [-0.39, 0.29) is 11.1 Å². The van der Waals surface area contributed by atoms with Crippen LogP contribution in [0.4, 0.5) is 3.89 Å². The standard InChI is InChI=1S/C8H11FN2O2S/c9-14(12,13)8-5-6-10-11(8)7-3-1-2-4-7/h5-7H,1-4H2. The highest BCUT2D eigenvalue weighted by molar-refractivity contribution is 7.86. The molecule has 0 N–H and O–H groups in total. The fourth-order valence-corrected chi connectivity index (χ4v) is 2.56. The molecular formula is C8H11FN2O2S. The lowest BCUT2D eigenvalue weighted by Gasteiger charge is -2.11. The van der Waals surface area contributed by atoms with Gasteiger partial charge in [-0.1, -0.05) is 16.7 Å². The molecule has 0 bridgehead atoms. The lowest BCUT2D eigenvalue weighted by atomic mass is 10.3. The summed E-state index contributed by atoms with van der Waals surface area (Å²) in [6, 6.07) is 1.25. The second-order valence-electron chi connectivity index (χ2n) is 3.49. The number of rotatable bonds is 2. The van der Waals surface area contributed by atoms with Crippen LogP contribution in [0.15, 0.2) is 17.3 Å². The maximum Gasteiger partial charge on any atom is 0.349 e. The van der Waals surface area contributed by atoms with E-state index in [4.69, 9.17) is 0 Å². The van der Waals surface area contributed by atoms with Crippen LogP contribution >= 0.6 is 0 Å². The van der Waals surface area contributed by atoms with Crippen LogP contribution in [0, 0.1) is 0 Å². The minimum absolute atomic E-state index is 0.0468. The van der Waals surface area contributed by atoms with Crippen LogP contribution in [0.2, 0.25) is 0 Å². The highest BCUT2D eigenvalue weighted by Gasteiger charge is 2.25. The van der Waals surface area contributed by atoms with E-state index in [2.05, 4.69) is 5.10 Å². The molecule has 0 atom stereocenters. The number of aromatic nitrogens is 2. The predicted molar refractivity (Wildman–Crippen MR) is 48.0 cm³/mol. The Balaban J connectivity index is 2.39. The number of hydrogen-bond acceptors (Lipinski definition) is 3. The van der Waals surface area contributed by atoms with Crippen molar-refractivity contribution in [2.24, 2.45) is 0 Å². The van der Waals surface area contributed by atoms with E-state index in [0.29, 0.717) is 0 Å². The zero-order valence-electron chi connectivity index (χ0n) is 7.56. The van der Waals surface area contributed by atoms with Crippen LogP contribution in [0.1, 0.15) is 31.7 Å². The lowest BCUT2D eigenvalue weighted by Crippen LogP contribution is -2.12. The molecule has 4 nitrogen and oxygen atoms in total. The third-order valence-electron chi connectivity index (χ3n) is 2.55. The molecule has 1 saturated carbocycles. The predicted octanol–water partition coefficient (Wildman–Crippen LogP) is 1.66. The van der Waals surface area contributed by atoms with Crippen LogP contribution < -0.4 is 0 Å². The third-order valence-corrected chi connectivity index (χ3v) is 3.38. The Kier molecular flexibility index (Phi) is 2.30. The van der Waals surface area contributed by atoms with Crippen molar-refractivity contribution in [3.8, 4) is 0 Å². The molecule has 0 spiro atoms. The van der Waals surface area contributed by atoms with Gasteiger partial charge in [0.1, 0.15) is 0 Å². The SMILES string of the molecule is O=S(=O)(F)c1ccnn1C1CCCC1. The highest BCUT2D eigenvalue weighted by atomic mass is 32.3.